The van der Waals surface area contributed by atoms with Gasteiger partial charge in [0.05, 0.1) is 32.1 Å². The van der Waals surface area contributed by atoms with E-state index in [0.717, 1.165) is 37.4 Å². The molecule has 5 N–H and O–H groups in total. The molecule has 6 rings (SSSR count). The molecule has 0 radical (unpaired) electrons. The standard InChI is InChI=1S/C46H56Cl3N7O11S3/c1-23-20-45(3,4)54-37-25(23)18-27-31(28-19-26-24(2)21-46(5,6)55-38(26)43(70(64,65)66)40(28)67-39(27)42(37)69(61,62)63)32-33(44(59)60)34(47)36(49)41(35(32)48)68-22-30(58)52-16-12-9-10-14-29(57)51-15-11-7-8-13-17-53-56-50/h18-19,23-24,54H,7-17,20-22H2,1-6H3,(H,51,57)(H,52,58)(H,59,60)(H,61,62,63)(H,64,65,66)/p-1. The van der Waals surface area contributed by atoms with Crippen LogP contribution in [-0.4, -0.2) is 85.3 Å². The van der Waals surface area contributed by atoms with E-state index in [1.54, 1.807) is 27.7 Å². The highest BCUT2D eigenvalue weighted by Gasteiger charge is 2.42. The van der Waals surface area contributed by atoms with Gasteiger partial charge in [-0.15, -0.1) is 11.8 Å². The van der Waals surface area contributed by atoms with Gasteiger partial charge in [-0.2, -0.15) is 0 Å². The van der Waals surface area contributed by atoms with Crippen LogP contribution in [0.25, 0.3) is 16.0 Å². The Bertz CT molecular complexity index is 3060. The van der Waals surface area contributed by atoms with Crippen LogP contribution in [0.5, 0.6) is 11.5 Å². The minimum absolute atomic E-state index is 0.0532. The van der Waals surface area contributed by atoms with Crippen LogP contribution in [0.3, 0.4) is 0 Å². The number of benzene rings is 3. The van der Waals surface area contributed by atoms with Crippen molar-refractivity contribution in [1.29, 1.82) is 0 Å². The summed E-state index contributed by atoms with van der Waals surface area (Å²) in [5.74, 6) is -4.64. The van der Waals surface area contributed by atoms with E-state index in [4.69, 9.17) is 45.1 Å². The molecule has 3 heterocycles. The normalized spacial score (nSPS) is 17.6. The lowest BCUT2D eigenvalue weighted by Crippen LogP contribution is -2.91. The molecule has 0 aliphatic carbocycles. The maximum absolute atomic E-state index is 13.6. The van der Waals surface area contributed by atoms with Gasteiger partial charge in [0, 0.05) is 75.3 Å². The molecule has 18 nitrogen and oxygen atoms in total. The van der Waals surface area contributed by atoms with Gasteiger partial charge in [0.1, 0.15) is 25.1 Å². The first kappa shape index (κ1) is 55.0. The second-order valence-corrected chi connectivity index (χ2v) is 24.0. The number of rotatable bonds is 20. The first-order chi connectivity index (χ1) is 32.7. The van der Waals surface area contributed by atoms with Crippen molar-refractivity contribution < 1.29 is 55.2 Å². The van der Waals surface area contributed by atoms with Crippen LogP contribution < -0.4 is 36.3 Å². The summed E-state index contributed by atoms with van der Waals surface area (Å²) in [5, 5.41) is 21.7. The van der Waals surface area contributed by atoms with Crippen LogP contribution in [0.1, 0.15) is 150 Å². The molecule has 0 spiro atoms. The topological polar surface area (TPSA) is 294 Å². The molecule has 2 atom stereocenters. The summed E-state index contributed by atoms with van der Waals surface area (Å²) in [5.41, 5.74) is 5.96. The largest absolute Gasteiger partial charge is 0.744 e. The number of amides is 2. The first-order valence-electron chi connectivity index (χ1n) is 22.8. The number of azide groups is 1. The van der Waals surface area contributed by atoms with Gasteiger partial charge in [-0.25, -0.2) is 26.6 Å². The number of carboxylic acid groups (broad SMARTS) is 1. The fourth-order valence-corrected chi connectivity index (χ4v) is 13.3. The summed E-state index contributed by atoms with van der Waals surface area (Å²) in [6, 6.07) is 3.05. The van der Waals surface area contributed by atoms with Crippen molar-refractivity contribution in [3.05, 3.63) is 76.0 Å². The number of nitrogens with zero attached hydrogens (tertiary/aromatic N) is 3. The van der Waals surface area contributed by atoms with Gasteiger partial charge in [-0.1, -0.05) is 73.0 Å². The zero-order valence-electron chi connectivity index (χ0n) is 39.4. The van der Waals surface area contributed by atoms with Gasteiger partial charge in [0.15, 0.2) is 21.9 Å². The maximum atomic E-state index is 13.6. The van der Waals surface area contributed by atoms with E-state index in [9.17, 15) is 45.4 Å². The van der Waals surface area contributed by atoms with Gasteiger partial charge >= 0.3 is 5.97 Å². The zero-order chi connectivity index (χ0) is 51.7. The summed E-state index contributed by atoms with van der Waals surface area (Å²) < 4.78 is 87.7. The second kappa shape index (κ2) is 21.8. The van der Waals surface area contributed by atoms with E-state index in [2.05, 4.69) is 31.0 Å². The minimum atomic E-state index is -5.53. The van der Waals surface area contributed by atoms with Crippen molar-refractivity contribution in [2.24, 2.45) is 5.11 Å². The van der Waals surface area contributed by atoms with E-state index in [0.29, 0.717) is 62.7 Å². The molecule has 2 unspecified atom stereocenters. The molecule has 0 fully saturated rings. The van der Waals surface area contributed by atoms with Gasteiger partial charge in [-0.3, -0.25) is 9.59 Å². The Morgan fingerprint density at radius 3 is 2.11 bits per heavy atom. The Morgan fingerprint density at radius 2 is 1.49 bits per heavy atom. The number of thioether (sulfide) groups is 1. The summed E-state index contributed by atoms with van der Waals surface area (Å²) in [4.78, 5) is 43.0. The summed E-state index contributed by atoms with van der Waals surface area (Å²) in [7, 11) is -11.1. The molecule has 3 aromatic rings. The molecule has 70 heavy (non-hydrogen) atoms. The lowest BCUT2D eigenvalue weighted by molar-refractivity contribution is -0.590. The fraction of sp³-hybridized carbons (Fsp3) is 0.522. The maximum Gasteiger partial charge on any atom is 0.337 e. The number of carbonyl (C=O) groups excluding carboxylic acids is 2. The Morgan fingerprint density at radius 1 is 0.871 bits per heavy atom. The van der Waals surface area contributed by atoms with Crippen molar-refractivity contribution in [2.45, 2.75) is 143 Å². The Kier molecular flexibility index (Phi) is 17.1. The van der Waals surface area contributed by atoms with E-state index in [-0.39, 0.29) is 66.1 Å². The van der Waals surface area contributed by atoms with Gasteiger partial charge in [0.2, 0.25) is 17.2 Å². The third-order valence-electron chi connectivity index (χ3n) is 12.5. The Labute approximate surface area is 425 Å². The molecule has 0 saturated carbocycles. The second-order valence-electron chi connectivity index (χ2n) is 19.2. The van der Waals surface area contributed by atoms with Gasteiger partial charge in [-0.05, 0) is 94.9 Å². The number of hydrogen-bond acceptors (Lipinski definition) is 13. The van der Waals surface area contributed by atoms with E-state index in [1.807, 2.05) is 13.8 Å². The molecular weight excluding hydrogens is 1030 g/mol. The number of aromatic carboxylic acids is 1. The lowest BCUT2D eigenvalue weighted by Gasteiger charge is -2.40. The van der Waals surface area contributed by atoms with Crippen LogP contribution >= 0.6 is 46.6 Å². The minimum Gasteiger partial charge on any atom is -0.744 e. The van der Waals surface area contributed by atoms with Crippen LogP contribution in [0.2, 0.25) is 15.1 Å². The van der Waals surface area contributed by atoms with Crippen LogP contribution in [0, 0.1) is 0 Å². The van der Waals surface area contributed by atoms with Crippen molar-refractivity contribution in [2.75, 3.05) is 30.7 Å². The molecule has 0 aromatic heterocycles. The van der Waals surface area contributed by atoms with Crippen LogP contribution in [0.15, 0.2) is 31.9 Å². The van der Waals surface area contributed by atoms with Crippen LogP contribution in [0.4, 0.5) is 5.69 Å². The van der Waals surface area contributed by atoms with Crippen molar-refractivity contribution in [1.82, 2.24) is 10.6 Å². The average molecular weight is 1080 g/mol. The molecule has 0 saturated heterocycles. The SMILES string of the molecule is CC1CC(C)(C)Nc2c1cc1c(c2S(=O)(=O)[O-])Oc2c(S(=O)(=O)[O-])c3c(cc2=C1c1c(Cl)c(SCC(=O)NCCCCCC(=O)NCCCCCCN=[N+]=[N-])c(Cl)c(Cl)c1C(=O)O)C(C)CC(C)(C)[NH+]=3. The summed E-state index contributed by atoms with van der Waals surface area (Å²) in [6.07, 6.45) is 6.46. The van der Waals surface area contributed by atoms with Crippen molar-refractivity contribution >= 4 is 95.8 Å². The molecular formula is C46H55Cl3N7O11S3-. The highest BCUT2D eigenvalue weighted by atomic mass is 35.5. The van der Waals surface area contributed by atoms with Gasteiger partial charge < -0.3 is 34.9 Å². The monoisotopic (exact) mass is 1080 g/mol. The number of unbranched alkanes of at least 4 members (excludes halogenated alkanes) is 5. The first-order valence-corrected chi connectivity index (χ1v) is 27.7. The quantitative estimate of drug-likeness (QED) is 0.0114. The number of carboxylic acids is 1. The van der Waals surface area contributed by atoms with Crippen LogP contribution in [-0.2, 0) is 29.8 Å². The predicted octanol–water partition coefficient (Wildman–Crippen LogP) is 6.95. The third kappa shape index (κ3) is 12.1. The van der Waals surface area contributed by atoms with Gasteiger partial charge in [0.25, 0.3) is 0 Å². The number of halogens is 3. The van der Waals surface area contributed by atoms with Crippen molar-refractivity contribution in [3.63, 3.8) is 0 Å². The number of anilines is 1. The number of hydrogen-bond donors (Lipinski definition) is 5. The molecule has 2 amide bonds. The highest BCUT2D eigenvalue weighted by molar-refractivity contribution is 8.00. The Balaban J connectivity index is 1.41. The molecule has 3 aliphatic rings. The number of fused-ring (bicyclic) bond motifs is 4. The predicted molar refractivity (Wildman–Crippen MR) is 264 cm³/mol. The molecule has 0 bridgehead atoms. The summed E-state index contributed by atoms with van der Waals surface area (Å²) >= 11 is 21.7. The Hall–Kier alpha value is -4.31. The number of nitrogens with one attached hydrogen (secondary N) is 4. The van der Waals surface area contributed by atoms with E-state index >= 15 is 0 Å². The average Bonchev–Trinajstić information content (AvgIpc) is 3.23. The lowest BCUT2D eigenvalue weighted by atomic mass is 9.79. The highest BCUT2D eigenvalue weighted by Crippen LogP contribution is 2.54. The van der Waals surface area contributed by atoms with Crippen molar-refractivity contribution in [3.8, 4) is 11.5 Å². The van der Waals surface area contributed by atoms with E-state index in [1.165, 1.54) is 12.1 Å². The third-order valence-corrected chi connectivity index (χ3v) is 16.8. The zero-order valence-corrected chi connectivity index (χ0v) is 44.2. The molecule has 3 aromatic carbocycles. The molecule has 24 heteroatoms. The van der Waals surface area contributed by atoms with E-state index < -0.39 is 86.9 Å². The fourth-order valence-electron chi connectivity index (χ4n) is 9.68. The smallest absolute Gasteiger partial charge is 0.337 e. The summed E-state index contributed by atoms with van der Waals surface area (Å²) in [6.45, 7) is 12.1. The molecule has 380 valence electrons. The number of carbonyl (C=O) groups is 3. The number of ether oxygens (including phenoxy) is 1. The molecule has 3 aliphatic heterocycles.